The van der Waals surface area contributed by atoms with Gasteiger partial charge in [0.1, 0.15) is 0 Å². The van der Waals surface area contributed by atoms with E-state index in [0.29, 0.717) is 5.92 Å². The van der Waals surface area contributed by atoms with E-state index in [1.54, 1.807) is 0 Å². The number of hydrogen-bond donors (Lipinski definition) is 0. The molecule has 1 heteroatoms. The van der Waals surface area contributed by atoms with Crippen LogP contribution in [0.2, 0.25) is 5.02 Å². The highest BCUT2D eigenvalue weighted by Gasteiger charge is 2.09. The third-order valence-electron chi connectivity index (χ3n) is 3.08. The van der Waals surface area contributed by atoms with Crippen LogP contribution in [0.1, 0.15) is 22.6 Å². The van der Waals surface area contributed by atoms with Crippen LogP contribution in [-0.4, -0.2) is 0 Å². The summed E-state index contributed by atoms with van der Waals surface area (Å²) in [5.74, 6) is 0.310. The summed E-state index contributed by atoms with van der Waals surface area (Å²) < 4.78 is 0. The number of rotatable bonds is 4. The summed E-state index contributed by atoms with van der Waals surface area (Å²) in [6.45, 7) is 6.02. The summed E-state index contributed by atoms with van der Waals surface area (Å²) in [7, 11) is 0. The number of halogens is 1. The molecule has 0 aliphatic carbocycles. The molecule has 0 N–H and O–H groups in total. The van der Waals surface area contributed by atoms with Crippen molar-refractivity contribution in [3.8, 4) is 0 Å². The lowest BCUT2D eigenvalue weighted by molar-refractivity contribution is 0.837. The Balaban J connectivity index is 2.25. The molecule has 0 bridgehead atoms. The van der Waals surface area contributed by atoms with E-state index in [0.717, 1.165) is 11.4 Å². The first kappa shape index (κ1) is 12.9. The van der Waals surface area contributed by atoms with Gasteiger partial charge in [0, 0.05) is 10.9 Å². The number of benzene rings is 2. The van der Waals surface area contributed by atoms with Crippen LogP contribution in [-0.2, 0) is 6.42 Å². The van der Waals surface area contributed by atoms with E-state index < -0.39 is 0 Å². The maximum atomic E-state index is 6.12. The summed E-state index contributed by atoms with van der Waals surface area (Å²) in [4.78, 5) is 0. The van der Waals surface area contributed by atoms with Crippen molar-refractivity contribution < 1.29 is 0 Å². The van der Waals surface area contributed by atoms with E-state index in [1.165, 1.54) is 16.7 Å². The van der Waals surface area contributed by atoms with Gasteiger partial charge < -0.3 is 0 Å². The Morgan fingerprint density at radius 1 is 1.17 bits per heavy atom. The maximum absolute atomic E-state index is 6.12. The zero-order chi connectivity index (χ0) is 13.0. The molecule has 0 saturated heterocycles. The van der Waals surface area contributed by atoms with Gasteiger partial charge in [-0.3, -0.25) is 0 Å². The fourth-order valence-electron chi connectivity index (χ4n) is 2.18. The van der Waals surface area contributed by atoms with Crippen molar-refractivity contribution in [3.05, 3.63) is 82.9 Å². The molecule has 0 aliphatic rings. The smallest absolute Gasteiger partial charge is 0.0411 e. The maximum Gasteiger partial charge on any atom is 0.0411 e. The van der Waals surface area contributed by atoms with Crippen LogP contribution in [0.3, 0.4) is 0 Å². The summed E-state index contributed by atoms with van der Waals surface area (Å²) in [5, 5.41) is 0.796. The molecule has 2 aromatic carbocycles. The van der Waals surface area contributed by atoms with Crippen LogP contribution < -0.4 is 0 Å². The third-order valence-corrected chi connectivity index (χ3v) is 3.29. The standard InChI is InChI=1S/C17H17Cl/c1-3-15(11-14-7-5-4-6-8-14)16-9-13(2)10-17(18)12-16/h3-10,12,15H,1,11H2,2H3. The molecule has 0 fully saturated rings. The van der Waals surface area contributed by atoms with Crippen LogP contribution in [0.4, 0.5) is 0 Å². The molecule has 0 nitrogen and oxygen atoms in total. The topological polar surface area (TPSA) is 0 Å². The molecule has 2 rings (SSSR count). The molecule has 1 unspecified atom stereocenters. The zero-order valence-corrected chi connectivity index (χ0v) is 11.3. The first-order valence-electron chi connectivity index (χ1n) is 6.12. The highest BCUT2D eigenvalue weighted by atomic mass is 35.5. The quantitative estimate of drug-likeness (QED) is 0.663. The summed E-state index contributed by atoms with van der Waals surface area (Å²) in [6, 6.07) is 16.7. The zero-order valence-electron chi connectivity index (χ0n) is 10.6. The number of hydrogen-bond acceptors (Lipinski definition) is 0. The van der Waals surface area contributed by atoms with Gasteiger partial charge in [0.15, 0.2) is 0 Å². The van der Waals surface area contributed by atoms with Gasteiger partial charge in [-0.2, -0.15) is 0 Å². The normalized spacial score (nSPS) is 12.1. The van der Waals surface area contributed by atoms with Crippen molar-refractivity contribution in [2.45, 2.75) is 19.3 Å². The minimum atomic E-state index is 0.310. The fourth-order valence-corrected chi connectivity index (χ4v) is 2.48. The molecular weight excluding hydrogens is 240 g/mol. The highest BCUT2D eigenvalue weighted by molar-refractivity contribution is 6.30. The van der Waals surface area contributed by atoms with Crippen molar-refractivity contribution in [1.29, 1.82) is 0 Å². The van der Waals surface area contributed by atoms with E-state index in [-0.39, 0.29) is 0 Å². The van der Waals surface area contributed by atoms with E-state index >= 15 is 0 Å². The Kier molecular flexibility index (Phi) is 4.22. The second-order valence-electron chi connectivity index (χ2n) is 4.59. The van der Waals surface area contributed by atoms with Crippen LogP contribution in [0.15, 0.2) is 61.2 Å². The predicted molar refractivity (Wildman–Crippen MR) is 79.3 cm³/mol. The molecule has 0 saturated carbocycles. The van der Waals surface area contributed by atoms with Crippen LogP contribution in [0.5, 0.6) is 0 Å². The molecule has 0 heterocycles. The van der Waals surface area contributed by atoms with Gasteiger partial charge in [-0.05, 0) is 42.2 Å². The second-order valence-corrected chi connectivity index (χ2v) is 5.03. The summed E-state index contributed by atoms with van der Waals surface area (Å²) in [6.07, 6.45) is 2.96. The van der Waals surface area contributed by atoms with Gasteiger partial charge in [-0.25, -0.2) is 0 Å². The van der Waals surface area contributed by atoms with Crippen molar-refractivity contribution in [2.24, 2.45) is 0 Å². The molecule has 0 radical (unpaired) electrons. The van der Waals surface area contributed by atoms with Crippen molar-refractivity contribution in [2.75, 3.05) is 0 Å². The van der Waals surface area contributed by atoms with E-state index in [2.05, 4.69) is 43.8 Å². The molecule has 92 valence electrons. The van der Waals surface area contributed by atoms with Gasteiger partial charge in [0.05, 0.1) is 0 Å². The van der Waals surface area contributed by atoms with Crippen molar-refractivity contribution in [1.82, 2.24) is 0 Å². The fraction of sp³-hybridized carbons (Fsp3) is 0.176. The van der Waals surface area contributed by atoms with E-state index in [1.807, 2.05) is 24.3 Å². The van der Waals surface area contributed by atoms with Gasteiger partial charge in [-0.1, -0.05) is 54.1 Å². The Bertz CT molecular complexity index is 508. The largest absolute Gasteiger partial charge is 0.102 e. The highest BCUT2D eigenvalue weighted by Crippen LogP contribution is 2.25. The summed E-state index contributed by atoms with van der Waals surface area (Å²) in [5.41, 5.74) is 3.75. The van der Waals surface area contributed by atoms with Crippen molar-refractivity contribution >= 4 is 11.6 Å². The lowest BCUT2D eigenvalue weighted by Crippen LogP contribution is -2.00. The second kappa shape index (κ2) is 5.88. The molecule has 1 atom stereocenters. The SMILES string of the molecule is C=CC(Cc1ccccc1)c1cc(C)cc(Cl)c1. The Hall–Kier alpha value is -1.53. The Morgan fingerprint density at radius 2 is 1.89 bits per heavy atom. The molecule has 18 heavy (non-hydrogen) atoms. The lowest BCUT2D eigenvalue weighted by atomic mass is 9.91. The molecule has 2 aromatic rings. The first-order chi connectivity index (χ1) is 8.69. The Labute approximate surface area is 114 Å². The van der Waals surface area contributed by atoms with Crippen LogP contribution in [0.25, 0.3) is 0 Å². The van der Waals surface area contributed by atoms with E-state index in [4.69, 9.17) is 11.6 Å². The van der Waals surface area contributed by atoms with Crippen LogP contribution in [0, 0.1) is 6.92 Å². The van der Waals surface area contributed by atoms with Gasteiger partial charge in [-0.15, -0.1) is 6.58 Å². The third kappa shape index (κ3) is 3.24. The van der Waals surface area contributed by atoms with Crippen molar-refractivity contribution in [3.63, 3.8) is 0 Å². The van der Waals surface area contributed by atoms with Gasteiger partial charge >= 0.3 is 0 Å². The average Bonchev–Trinajstić information content (AvgIpc) is 2.36. The molecule has 0 aromatic heterocycles. The lowest BCUT2D eigenvalue weighted by Gasteiger charge is -2.14. The Morgan fingerprint density at radius 3 is 2.50 bits per heavy atom. The number of allylic oxidation sites excluding steroid dienone is 1. The molecule has 0 spiro atoms. The predicted octanol–water partition coefficient (Wildman–Crippen LogP) is 5.16. The minimum Gasteiger partial charge on any atom is -0.102 e. The molecule has 0 amide bonds. The average molecular weight is 257 g/mol. The molecule has 0 aliphatic heterocycles. The van der Waals surface area contributed by atoms with Gasteiger partial charge in [0.2, 0.25) is 0 Å². The van der Waals surface area contributed by atoms with E-state index in [9.17, 15) is 0 Å². The summed E-state index contributed by atoms with van der Waals surface area (Å²) >= 11 is 6.12. The van der Waals surface area contributed by atoms with Crippen LogP contribution >= 0.6 is 11.6 Å². The monoisotopic (exact) mass is 256 g/mol. The first-order valence-corrected chi connectivity index (χ1v) is 6.50. The molecular formula is C17H17Cl. The van der Waals surface area contributed by atoms with Gasteiger partial charge in [0.25, 0.3) is 0 Å². The number of aryl methyl sites for hydroxylation is 1. The minimum absolute atomic E-state index is 0.310.